The van der Waals surface area contributed by atoms with Gasteiger partial charge < -0.3 is 15.4 Å². The number of carbonyl (C=O) groups is 2. The van der Waals surface area contributed by atoms with E-state index in [9.17, 15) is 9.59 Å². The molecular formula is C25H27N5O3. The second kappa shape index (κ2) is 10.3. The topological polar surface area (TPSA) is 111 Å². The molecule has 1 aliphatic rings. The number of rotatable bonds is 7. The Morgan fingerprint density at radius 2 is 1.97 bits per heavy atom. The van der Waals surface area contributed by atoms with Crippen molar-refractivity contribution >= 4 is 23.2 Å². The number of Topliss-reactive ketones (excluding diaryl/α,β-unsaturated/α-hetero) is 1. The molecule has 2 N–H and O–H groups in total. The van der Waals surface area contributed by atoms with Gasteiger partial charge in [-0.2, -0.15) is 0 Å². The molecule has 0 atom stereocenters. The number of nitrogens with two attached hydrogens (primary N) is 1. The van der Waals surface area contributed by atoms with Crippen LogP contribution >= 0.6 is 0 Å². The molecule has 0 radical (unpaired) electrons. The van der Waals surface area contributed by atoms with E-state index in [0.717, 1.165) is 18.4 Å². The maximum absolute atomic E-state index is 13.2. The summed E-state index contributed by atoms with van der Waals surface area (Å²) in [5.74, 6) is -0.242. The maximum Gasteiger partial charge on any atom is 0.229 e. The summed E-state index contributed by atoms with van der Waals surface area (Å²) in [6.45, 7) is 3.41. The zero-order valence-electron chi connectivity index (χ0n) is 18.7. The summed E-state index contributed by atoms with van der Waals surface area (Å²) in [6.07, 6.45) is 7.18. The minimum atomic E-state index is -0.280. The number of benzene rings is 1. The van der Waals surface area contributed by atoms with Gasteiger partial charge in [-0.15, -0.1) is 0 Å². The van der Waals surface area contributed by atoms with Gasteiger partial charge >= 0.3 is 0 Å². The van der Waals surface area contributed by atoms with Gasteiger partial charge in [-0.1, -0.05) is 37.6 Å². The molecule has 170 valence electrons. The molecule has 8 nitrogen and oxygen atoms in total. The van der Waals surface area contributed by atoms with E-state index in [1.165, 1.54) is 5.56 Å². The van der Waals surface area contributed by atoms with Crippen molar-refractivity contribution in [3.8, 4) is 11.3 Å². The van der Waals surface area contributed by atoms with Gasteiger partial charge in [0.25, 0.3) is 0 Å². The van der Waals surface area contributed by atoms with Crippen LogP contribution in [0, 0.1) is 0 Å². The van der Waals surface area contributed by atoms with Crippen LogP contribution in [0.2, 0.25) is 0 Å². The van der Waals surface area contributed by atoms with E-state index in [0.29, 0.717) is 43.1 Å². The van der Waals surface area contributed by atoms with Crippen molar-refractivity contribution in [2.45, 2.75) is 32.6 Å². The number of nitrogen functional groups attached to an aromatic ring is 1. The molecule has 3 aromatic rings. The first-order valence-corrected chi connectivity index (χ1v) is 11.1. The Balaban J connectivity index is 1.59. The van der Waals surface area contributed by atoms with Crippen LogP contribution in [0.1, 0.15) is 41.4 Å². The van der Waals surface area contributed by atoms with Crippen LogP contribution in [0.15, 0.2) is 48.9 Å². The van der Waals surface area contributed by atoms with E-state index in [1.54, 1.807) is 29.6 Å². The molecule has 0 saturated carbocycles. The highest BCUT2D eigenvalue weighted by molar-refractivity contribution is 6.01. The lowest BCUT2D eigenvalue weighted by Gasteiger charge is -2.22. The van der Waals surface area contributed by atoms with Crippen molar-refractivity contribution in [3.63, 3.8) is 0 Å². The molecule has 1 fully saturated rings. The third-order valence-electron chi connectivity index (χ3n) is 5.59. The Labute approximate surface area is 192 Å². The second-order valence-electron chi connectivity index (χ2n) is 7.95. The van der Waals surface area contributed by atoms with Gasteiger partial charge in [0.05, 0.1) is 37.2 Å². The third kappa shape index (κ3) is 5.23. The number of aryl methyl sites for hydroxylation is 1. The zero-order chi connectivity index (χ0) is 23.2. The van der Waals surface area contributed by atoms with Gasteiger partial charge in [0, 0.05) is 36.5 Å². The monoisotopic (exact) mass is 445 g/mol. The zero-order valence-corrected chi connectivity index (χ0v) is 18.7. The van der Waals surface area contributed by atoms with Gasteiger partial charge in [0.1, 0.15) is 5.69 Å². The smallest absolute Gasteiger partial charge is 0.229 e. The lowest BCUT2D eigenvalue weighted by molar-refractivity contribution is -0.118. The minimum Gasteiger partial charge on any atom is -0.382 e. The number of nitrogens with zero attached hydrogens (tertiary/aromatic N) is 4. The van der Waals surface area contributed by atoms with Crippen molar-refractivity contribution in [2.24, 2.45) is 0 Å². The molecule has 4 rings (SSSR count). The van der Waals surface area contributed by atoms with Gasteiger partial charge in [-0.3, -0.25) is 14.6 Å². The van der Waals surface area contributed by atoms with Crippen LogP contribution in [0.25, 0.3) is 11.3 Å². The second-order valence-corrected chi connectivity index (χ2v) is 7.95. The standard InChI is InChI=1S/C25H27N5O3/c1-2-3-17-4-6-18(7-5-17)20-16-28-25(26)24(29-20)22(31)14-19-15-27-10-8-21(19)30-11-13-33-12-9-23(30)32/h4-8,10,15-16H,2-3,9,11-14H2,1H3,(H2,26,28). The van der Waals surface area contributed by atoms with Crippen molar-refractivity contribution in [3.05, 3.63) is 65.7 Å². The molecule has 0 unspecified atom stereocenters. The van der Waals surface area contributed by atoms with Crippen molar-refractivity contribution in [1.29, 1.82) is 0 Å². The fraction of sp³-hybridized carbons (Fsp3) is 0.320. The van der Waals surface area contributed by atoms with E-state index in [1.807, 2.05) is 12.1 Å². The number of hydrogen-bond acceptors (Lipinski definition) is 7. The number of hydrogen-bond donors (Lipinski definition) is 1. The Kier molecular flexibility index (Phi) is 7.04. The van der Waals surface area contributed by atoms with Crippen molar-refractivity contribution in [1.82, 2.24) is 15.0 Å². The van der Waals surface area contributed by atoms with Crippen LogP contribution in [-0.2, 0) is 22.4 Å². The first-order valence-electron chi connectivity index (χ1n) is 11.1. The number of anilines is 2. The number of aromatic nitrogens is 3. The predicted octanol–water partition coefficient (Wildman–Crippen LogP) is 3.25. The number of ketones is 1. The fourth-order valence-electron chi connectivity index (χ4n) is 3.88. The van der Waals surface area contributed by atoms with Gasteiger partial charge in [-0.25, -0.2) is 9.97 Å². The molecule has 0 spiro atoms. The molecule has 33 heavy (non-hydrogen) atoms. The molecule has 0 aliphatic carbocycles. The molecule has 8 heteroatoms. The molecular weight excluding hydrogens is 418 g/mol. The fourth-order valence-corrected chi connectivity index (χ4v) is 3.88. The summed E-state index contributed by atoms with van der Waals surface area (Å²) in [7, 11) is 0. The average molecular weight is 446 g/mol. The van der Waals surface area contributed by atoms with E-state index >= 15 is 0 Å². The summed E-state index contributed by atoms with van der Waals surface area (Å²) in [6, 6.07) is 9.82. The predicted molar refractivity (Wildman–Crippen MR) is 126 cm³/mol. The summed E-state index contributed by atoms with van der Waals surface area (Å²) >= 11 is 0. The number of ether oxygens (including phenoxy) is 1. The van der Waals surface area contributed by atoms with Gasteiger partial charge in [-0.05, 0) is 18.1 Å². The Morgan fingerprint density at radius 3 is 2.76 bits per heavy atom. The van der Waals surface area contributed by atoms with E-state index < -0.39 is 0 Å². The number of amides is 1. The molecule has 1 saturated heterocycles. The van der Waals surface area contributed by atoms with E-state index in [-0.39, 0.29) is 29.6 Å². The van der Waals surface area contributed by atoms with E-state index in [2.05, 4.69) is 34.0 Å². The maximum atomic E-state index is 13.2. The number of carbonyl (C=O) groups excluding carboxylic acids is 2. The summed E-state index contributed by atoms with van der Waals surface area (Å²) in [5.41, 5.74) is 10.1. The summed E-state index contributed by atoms with van der Waals surface area (Å²) in [4.78, 5) is 40.3. The minimum absolute atomic E-state index is 0.00554. The van der Waals surface area contributed by atoms with Crippen LogP contribution < -0.4 is 10.6 Å². The molecule has 1 amide bonds. The lowest BCUT2D eigenvalue weighted by Crippen LogP contribution is -2.32. The SMILES string of the molecule is CCCc1ccc(-c2cnc(N)c(C(=O)Cc3cnccc3N3CCOCCC3=O)n2)cc1. The molecule has 2 aromatic heterocycles. The van der Waals surface area contributed by atoms with Crippen LogP contribution in [-0.4, -0.2) is 46.4 Å². The normalized spacial score (nSPS) is 14.2. The first kappa shape index (κ1) is 22.5. The Hall–Kier alpha value is -3.65. The lowest BCUT2D eigenvalue weighted by atomic mass is 10.0. The molecule has 0 bridgehead atoms. The largest absolute Gasteiger partial charge is 0.382 e. The van der Waals surface area contributed by atoms with Crippen LogP contribution in [0.4, 0.5) is 11.5 Å². The van der Waals surface area contributed by atoms with Crippen molar-refractivity contribution < 1.29 is 14.3 Å². The summed E-state index contributed by atoms with van der Waals surface area (Å²) < 4.78 is 5.42. The van der Waals surface area contributed by atoms with Crippen LogP contribution in [0.5, 0.6) is 0 Å². The highest BCUT2D eigenvalue weighted by atomic mass is 16.5. The highest BCUT2D eigenvalue weighted by Crippen LogP contribution is 2.25. The highest BCUT2D eigenvalue weighted by Gasteiger charge is 2.23. The van der Waals surface area contributed by atoms with Gasteiger partial charge in [0.2, 0.25) is 5.91 Å². The molecule has 1 aliphatic heterocycles. The Bertz CT molecular complexity index is 1150. The average Bonchev–Trinajstić information content (AvgIpc) is 3.04. The summed E-state index contributed by atoms with van der Waals surface area (Å²) in [5, 5.41) is 0. The molecule has 1 aromatic carbocycles. The van der Waals surface area contributed by atoms with Gasteiger partial charge in [0.15, 0.2) is 11.6 Å². The molecule has 3 heterocycles. The number of pyridine rings is 1. The quantitative estimate of drug-likeness (QED) is 0.556. The van der Waals surface area contributed by atoms with Crippen LogP contribution in [0.3, 0.4) is 0 Å². The Morgan fingerprint density at radius 1 is 1.15 bits per heavy atom. The first-order chi connectivity index (χ1) is 16.1. The third-order valence-corrected chi connectivity index (χ3v) is 5.59. The van der Waals surface area contributed by atoms with E-state index in [4.69, 9.17) is 10.5 Å². The van der Waals surface area contributed by atoms with Crippen molar-refractivity contribution in [2.75, 3.05) is 30.4 Å².